The standard InChI is InChI=1S/C12H19Cl2N5O.HI/c1-15-12(18-5-6-20-2)17-4-3-16-11-10(14)7-9(13)8-19-11;/h7-8H,3-6H2,1-2H3,(H,16,19)(H2,15,17,18);1H. The summed E-state index contributed by atoms with van der Waals surface area (Å²) < 4.78 is 4.95. The van der Waals surface area contributed by atoms with E-state index in [0.717, 1.165) is 5.96 Å². The average Bonchev–Trinajstić information content (AvgIpc) is 2.43. The molecule has 0 spiro atoms. The molecule has 0 aliphatic heterocycles. The van der Waals surface area contributed by atoms with Crippen LogP contribution in [0.5, 0.6) is 0 Å². The van der Waals surface area contributed by atoms with Gasteiger partial charge in [-0.05, 0) is 6.07 Å². The van der Waals surface area contributed by atoms with E-state index < -0.39 is 0 Å². The molecule has 1 aromatic heterocycles. The maximum absolute atomic E-state index is 6.00. The van der Waals surface area contributed by atoms with Crippen molar-refractivity contribution in [3.05, 3.63) is 22.3 Å². The summed E-state index contributed by atoms with van der Waals surface area (Å²) in [5, 5.41) is 10.4. The first-order valence-electron chi connectivity index (χ1n) is 6.15. The van der Waals surface area contributed by atoms with Gasteiger partial charge >= 0.3 is 0 Å². The van der Waals surface area contributed by atoms with Crippen LogP contribution in [0, 0.1) is 0 Å². The monoisotopic (exact) mass is 447 g/mol. The Labute approximate surface area is 152 Å². The van der Waals surface area contributed by atoms with Gasteiger partial charge in [0.05, 0.1) is 16.7 Å². The molecule has 0 aliphatic carbocycles. The third-order valence-electron chi connectivity index (χ3n) is 2.34. The van der Waals surface area contributed by atoms with Gasteiger partial charge < -0.3 is 20.7 Å². The van der Waals surface area contributed by atoms with Crippen LogP contribution in [0.25, 0.3) is 0 Å². The number of methoxy groups -OCH3 is 1. The number of rotatable bonds is 7. The van der Waals surface area contributed by atoms with Crippen molar-refractivity contribution in [1.82, 2.24) is 15.6 Å². The predicted octanol–water partition coefficient (Wildman–Crippen LogP) is 2.23. The van der Waals surface area contributed by atoms with Gasteiger partial charge in [-0.15, -0.1) is 24.0 Å². The van der Waals surface area contributed by atoms with Gasteiger partial charge in [-0.25, -0.2) is 4.98 Å². The lowest BCUT2D eigenvalue weighted by Crippen LogP contribution is -2.40. The summed E-state index contributed by atoms with van der Waals surface area (Å²) in [6.45, 7) is 2.66. The molecule has 6 nitrogen and oxygen atoms in total. The highest BCUT2D eigenvalue weighted by Gasteiger charge is 2.02. The van der Waals surface area contributed by atoms with Crippen molar-refractivity contribution in [2.45, 2.75) is 0 Å². The molecule has 1 rings (SSSR count). The fourth-order valence-corrected chi connectivity index (χ4v) is 1.85. The molecule has 0 atom stereocenters. The van der Waals surface area contributed by atoms with E-state index in [4.69, 9.17) is 27.9 Å². The topological polar surface area (TPSA) is 70.6 Å². The largest absolute Gasteiger partial charge is 0.383 e. The first kappa shape index (κ1) is 20.5. The third kappa shape index (κ3) is 8.50. The van der Waals surface area contributed by atoms with E-state index in [-0.39, 0.29) is 24.0 Å². The number of halogens is 3. The molecule has 0 radical (unpaired) electrons. The highest BCUT2D eigenvalue weighted by atomic mass is 127. The quantitative estimate of drug-likeness (QED) is 0.259. The molecule has 21 heavy (non-hydrogen) atoms. The highest BCUT2D eigenvalue weighted by molar-refractivity contribution is 14.0. The molecule has 0 aromatic carbocycles. The minimum absolute atomic E-state index is 0. The second-order valence-corrected chi connectivity index (χ2v) is 4.67. The van der Waals surface area contributed by atoms with E-state index in [1.807, 2.05) is 0 Å². The van der Waals surface area contributed by atoms with E-state index in [0.29, 0.717) is 42.1 Å². The molecular formula is C12H20Cl2IN5O. The Morgan fingerprint density at radius 3 is 2.62 bits per heavy atom. The first-order chi connectivity index (χ1) is 9.67. The van der Waals surface area contributed by atoms with Crippen LogP contribution in [0.15, 0.2) is 17.3 Å². The second kappa shape index (κ2) is 12.1. The second-order valence-electron chi connectivity index (χ2n) is 3.83. The zero-order valence-electron chi connectivity index (χ0n) is 11.9. The Kier molecular flexibility index (Phi) is 11.8. The molecule has 0 aliphatic rings. The molecule has 0 unspecified atom stereocenters. The number of hydrogen-bond acceptors (Lipinski definition) is 4. The molecule has 0 bridgehead atoms. The summed E-state index contributed by atoms with van der Waals surface area (Å²) in [7, 11) is 3.37. The van der Waals surface area contributed by atoms with Gasteiger partial charge in [0.15, 0.2) is 5.96 Å². The Morgan fingerprint density at radius 1 is 1.29 bits per heavy atom. The van der Waals surface area contributed by atoms with E-state index in [9.17, 15) is 0 Å². The van der Waals surface area contributed by atoms with Crippen LogP contribution < -0.4 is 16.0 Å². The summed E-state index contributed by atoms with van der Waals surface area (Å²) in [4.78, 5) is 8.20. The summed E-state index contributed by atoms with van der Waals surface area (Å²) in [6.07, 6.45) is 1.55. The van der Waals surface area contributed by atoms with E-state index in [1.54, 1.807) is 26.4 Å². The summed E-state index contributed by atoms with van der Waals surface area (Å²) in [6, 6.07) is 1.65. The number of nitrogens with one attached hydrogen (secondary N) is 3. The van der Waals surface area contributed by atoms with Crippen LogP contribution in [0.4, 0.5) is 5.82 Å². The van der Waals surface area contributed by atoms with Gasteiger partial charge in [0.25, 0.3) is 0 Å². The van der Waals surface area contributed by atoms with Crippen molar-refractivity contribution in [2.75, 3.05) is 45.7 Å². The predicted molar refractivity (Wildman–Crippen MR) is 99.4 cm³/mol. The molecule has 0 saturated heterocycles. The van der Waals surface area contributed by atoms with Gasteiger partial charge in [0.2, 0.25) is 0 Å². The lowest BCUT2D eigenvalue weighted by molar-refractivity contribution is 0.203. The minimum Gasteiger partial charge on any atom is -0.383 e. The molecule has 1 heterocycles. The van der Waals surface area contributed by atoms with Gasteiger partial charge in [0.1, 0.15) is 5.82 Å². The summed E-state index contributed by atoms with van der Waals surface area (Å²) >= 11 is 11.8. The number of aliphatic imine (C=N–C) groups is 1. The van der Waals surface area contributed by atoms with Crippen molar-refractivity contribution >= 4 is 59.0 Å². The lowest BCUT2D eigenvalue weighted by Gasteiger charge is -2.12. The summed E-state index contributed by atoms with van der Waals surface area (Å²) in [5.74, 6) is 1.33. The third-order valence-corrected chi connectivity index (χ3v) is 2.83. The number of nitrogens with zero attached hydrogens (tertiary/aromatic N) is 2. The molecular weight excluding hydrogens is 428 g/mol. The normalized spacial score (nSPS) is 10.8. The van der Waals surface area contributed by atoms with E-state index >= 15 is 0 Å². The number of anilines is 1. The zero-order valence-corrected chi connectivity index (χ0v) is 15.8. The van der Waals surface area contributed by atoms with Crippen LogP contribution >= 0.6 is 47.2 Å². The Balaban J connectivity index is 0.00000400. The van der Waals surface area contributed by atoms with Crippen molar-refractivity contribution in [3.8, 4) is 0 Å². The van der Waals surface area contributed by atoms with Gasteiger partial charge in [-0.3, -0.25) is 4.99 Å². The maximum atomic E-state index is 6.00. The molecule has 9 heteroatoms. The van der Waals surface area contributed by atoms with Crippen molar-refractivity contribution in [2.24, 2.45) is 4.99 Å². The van der Waals surface area contributed by atoms with Gasteiger partial charge in [-0.2, -0.15) is 0 Å². The fraction of sp³-hybridized carbons (Fsp3) is 0.500. The molecule has 120 valence electrons. The van der Waals surface area contributed by atoms with Crippen LogP contribution in [0.2, 0.25) is 10.0 Å². The number of ether oxygens (including phenoxy) is 1. The molecule has 1 aromatic rings. The van der Waals surface area contributed by atoms with Crippen molar-refractivity contribution in [1.29, 1.82) is 0 Å². The first-order valence-corrected chi connectivity index (χ1v) is 6.91. The molecule has 0 saturated carbocycles. The SMILES string of the molecule is CN=C(NCCNc1ncc(Cl)cc1Cl)NCCOC.I. The minimum atomic E-state index is 0. The van der Waals surface area contributed by atoms with Crippen LogP contribution in [-0.2, 0) is 4.74 Å². The Hall–Kier alpha value is -0.510. The molecule has 0 fully saturated rings. The maximum Gasteiger partial charge on any atom is 0.191 e. The highest BCUT2D eigenvalue weighted by Crippen LogP contribution is 2.21. The Bertz CT molecular complexity index is 448. The number of pyridine rings is 1. The number of guanidine groups is 1. The van der Waals surface area contributed by atoms with Gasteiger partial charge in [-0.1, -0.05) is 23.2 Å². The molecule has 0 amide bonds. The zero-order chi connectivity index (χ0) is 14.8. The van der Waals surface area contributed by atoms with Crippen LogP contribution in [0.1, 0.15) is 0 Å². The van der Waals surface area contributed by atoms with Crippen molar-refractivity contribution < 1.29 is 4.74 Å². The average molecular weight is 448 g/mol. The van der Waals surface area contributed by atoms with Crippen LogP contribution in [-0.4, -0.2) is 51.3 Å². The van der Waals surface area contributed by atoms with Crippen molar-refractivity contribution in [3.63, 3.8) is 0 Å². The Morgan fingerprint density at radius 2 is 2.00 bits per heavy atom. The lowest BCUT2D eigenvalue weighted by atomic mass is 10.4. The number of aromatic nitrogens is 1. The fourth-order valence-electron chi connectivity index (χ4n) is 1.40. The van der Waals surface area contributed by atoms with E-state index in [2.05, 4.69) is 25.9 Å². The van der Waals surface area contributed by atoms with Crippen LogP contribution in [0.3, 0.4) is 0 Å². The number of hydrogen-bond donors (Lipinski definition) is 3. The smallest absolute Gasteiger partial charge is 0.191 e. The van der Waals surface area contributed by atoms with Gasteiger partial charge in [0, 0.05) is 40.0 Å². The van der Waals surface area contributed by atoms with E-state index in [1.165, 1.54) is 0 Å². The molecule has 3 N–H and O–H groups in total. The summed E-state index contributed by atoms with van der Waals surface area (Å²) in [5.41, 5.74) is 0.